The van der Waals surface area contributed by atoms with E-state index in [1.54, 1.807) is 7.11 Å². The Kier molecular flexibility index (Phi) is 5.60. The van der Waals surface area contributed by atoms with E-state index in [2.05, 4.69) is 15.4 Å². The van der Waals surface area contributed by atoms with E-state index in [1.165, 1.54) is 11.3 Å². The SMILES string of the molecule is COc1ccc(-c2nc(NC(=O)C[C@H](C)n3nc(C)cc3C)sc2C)cc1. The number of hydrogen-bond donors (Lipinski definition) is 1. The smallest absolute Gasteiger partial charge is 0.228 e. The fraction of sp³-hybridized carbons (Fsp3) is 0.350. The molecule has 6 nitrogen and oxygen atoms in total. The normalized spacial score (nSPS) is 12.0. The Morgan fingerprint density at radius 1 is 1.26 bits per heavy atom. The van der Waals surface area contributed by atoms with E-state index in [1.807, 2.05) is 62.7 Å². The molecule has 0 fully saturated rings. The van der Waals surface area contributed by atoms with Crippen LogP contribution >= 0.6 is 11.3 Å². The number of methoxy groups -OCH3 is 1. The molecular formula is C20H24N4O2S. The van der Waals surface area contributed by atoms with Crippen LogP contribution in [0.4, 0.5) is 5.13 Å². The summed E-state index contributed by atoms with van der Waals surface area (Å²) in [5.41, 5.74) is 3.89. The molecule has 0 unspecified atom stereocenters. The van der Waals surface area contributed by atoms with Gasteiger partial charge in [-0.25, -0.2) is 4.98 Å². The molecule has 1 amide bonds. The van der Waals surface area contributed by atoms with Crippen molar-refractivity contribution < 1.29 is 9.53 Å². The minimum absolute atomic E-state index is 0.0131. The highest BCUT2D eigenvalue weighted by Gasteiger charge is 2.16. The minimum Gasteiger partial charge on any atom is -0.497 e. The third-order valence-corrected chi connectivity index (χ3v) is 5.24. The molecule has 142 valence electrons. The molecule has 7 heteroatoms. The van der Waals surface area contributed by atoms with Crippen LogP contribution in [-0.2, 0) is 4.79 Å². The van der Waals surface area contributed by atoms with E-state index < -0.39 is 0 Å². The maximum Gasteiger partial charge on any atom is 0.228 e. The van der Waals surface area contributed by atoms with Crippen LogP contribution in [0.5, 0.6) is 5.75 Å². The minimum atomic E-state index is -0.0647. The van der Waals surface area contributed by atoms with Crippen LogP contribution in [0.2, 0.25) is 0 Å². The molecule has 1 N–H and O–H groups in total. The van der Waals surface area contributed by atoms with E-state index in [-0.39, 0.29) is 11.9 Å². The Morgan fingerprint density at radius 3 is 2.56 bits per heavy atom. The van der Waals surface area contributed by atoms with Crippen LogP contribution in [-0.4, -0.2) is 27.8 Å². The molecule has 2 heterocycles. The van der Waals surface area contributed by atoms with Crippen LogP contribution in [0.1, 0.15) is 35.7 Å². The Morgan fingerprint density at radius 2 is 1.96 bits per heavy atom. The molecule has 0 bridgehead atoms. The van der Waals surface area contributed by atoms with Crippen LogP contribution < -0.4 is 10.1 Å². The molecule has 0 aliphatic heterocycles. The molecule has 3 aromatic rings. The Balaban J connectivity index is 1.68. The molecule has 0 spiro atoms. The van der Waals surface area contributed by atoms with E-state index in [0.717, 1.165) is 33.3 Å². The van der Waals surface area contributed by atoms with Gasteiger partial charge in [0.15, 0.2) is 5.13 Å². The fourth-order valence-electron chi connectivity index (χ4n) is 3.08. The number of carbonyl (C=O) groups is 1. The van der Waals surface area contributed by atoms with Gasteiger partial charge in [0.05, 0.1) is 24.5 Å². The predicted octanol–water partition coefficient (Wildman–Crippen LogP) is 4.53. The zero-order valence-electron chi connectivity index (χ0n) is 16.2. The lowest BCUT2D eigenvalue weighted by Crippen LogP contribution is -2.19. The topological polar surface area (TPSA) is 69.0 Å². The molecule has 0 saturated heterocycles. The highest BCUT2D eigenvalue weighted by molar-refractivity contribution is 7.16. The molecule has 2 aromatic heterocycles. The van der Waals surface area contributed by atoms with Crippen LogP contribution in [0, 0.1) is 20.8 Å². The Bertz CT molecular complexity index is 944. The number of amides is 1. The standard InChI is InChI=1S/C20H24N4O2S/c1-12-10-13(2)24(23-12)14(3)11-18(25)21-20-22-19(15(4)27-20)16-6-8-17(26-5)9-7-16/h6-10,14H,11H2,1-5H3,(H,21,22,25)/t14-/m0/s1. The Hall–Kier alpha value is -2.67. The number of benzene rings is 1. The quantitative estimate of drug-likeness (QED) is 0.678. The number of aryl methyl sites for hydroxylation is 3. The zero-order valence-corrected chi connectivity index (χ0v) is 17.1. The van der Waals surface area contributed by atoms with Crippen molar-refractivity contribution >= 4 is 22.4 Å². The van der Waals surface area contributed by atoms with Gasteiger partial charge < -0.3 is 10.1 Å². The van der Waals surface area contributed by atoms with Gasteiger partial charge in [0, 0.05) is 22.6 Å². The first-order chi connectivity index (χ1) is 12.9. The maximum absolute atomic E-state index is 12.5. The van der Waals surface area contributed by atoms with E-state index in [9.17, 15) is 4.79 Å². The first-order valence-corrected chi connectivity index (χ1v) is 9.63. The molecule has 1 aromatic carbocycles. The van der Waals surface area contributed by atoms with Crippen molar-refractivity contribution in [1.29, 1.82) is 0 Å². The first-order valence-electron chi connectivity index (χ1n) is 8.82. The summed E-state index contributed by atoms with van der Waals surface area (Å²) in [5, 5.41) is 8.00. The lowest BCUT2D eigenvalue weighted by atomic mass is 10.1. The summed E-state index contributed by atoms with van der Waals surface area (Å²) in [5.74, 6) is 0.739. The van der Waals surface area contributed by atoms with E-state index in [0.29, 0.717) is 11.6 Å². The molecule has 0 aliphatic rings. The number of aromatic nitrogens is 3. The van der Waals surface area contributed by atoms with Gasteiger partial charge in [0.2, 0.25) is 5.91 Å². The van der Waals surface area contributed by atoms with Crippen molar-refractivity contribution in [2.24, 2.45) is 0 Å². The van der Waals surface area contributed by atoms with Crippen molar-refractivity contribution in [2.75, 3.05) is 12.4 Å². The van der Waals surface area contributed by atoms with Crippen LogP contribution in [0.15, 0.2) is 30.3 Å². The average Bonchev–Trinajstić information content (AvgIpc) is 3.16. The third-order valence-electron chi connectivity index (χ3n) is 4.35. The number of carbonyl (C=O) groups excluding carboxylic acids is 1. The second-order valence-corrected chi connectivity index (χ2v) is 7.83. The third kappa shape index (κ3) is 4.36. The number of rotatable bonds is 6. The highest BCUT2D eigenvalue weighted by atomic mass is 32.1. The van der Waals surface area contributed by atoms with Gasteiger partial charge in [0.1, 0.15) is 5.75 Å². The number of anilines is 1. The van der Waals surface area contributed by atoms with Gasteiger partial charge in [-0.15, -0.1) is 11.3 Å². The molecule has 0 aliphatic carbocycles. The van der Waals surface area contributed by atoms with Gasteiger partial charge in [-0.05, 0) is 58.0 Å². The van der Waals surface area contributed by atoms with E-state index >= 15 is 0 Å². The number of thiazole rings is 1. The maximum atomic E-state index is 12.5. The predicted molar refractivity (Wildman–Crippen MR) is 108 cm³/mol. The lowest BCUT2D eigenvalue weighted by molar-refractivity contribution is -0.116. The van der Waals surface area contributed by atoms with Gasteiger partial charge in [-0.2, -0.15) is 5.10 Å². The molecular weight excluding hydrogens is 360 g/mol. The second kappa shape index (κ2) is 7.92. The second-order valence-electron chi connectivity index (χ2n) is 6.63. The molecule has 0 saturated carbocycles. The summed E-state index contributed by atoms with van der Waals surface area (Å²) in [6.07, 6.45) is 0.346. The number of hydrogen-bond acceptors (Lipinski definition) is 5. The van der Waals surface area contributed by atoms with Gasteiger partial charge in [0.25, 0.3) is 0 Å². The van der Waals surface area contributed by atoms with E-state index in [4.69, 9.17) is 4.74 Å². The van der Waals surface area contributed by atoms with Crippen molar-refractivity contribution in [2.45, 2.75) is 40.2 Å². The van der Waals surface area contributed by atoms with Crippen molar-refractivity contribution in [3.8, 4) is 17.0 Å². The summed E-state index contributed by atoms with van der Waals surface area (Å²) in [6, 6.07) is 9.75. The van der Waals surface area contributed by atoms with Gasteiger partial charge >= 0.3 is 0 Å². The number of nitrogens with one attached hydrogen (secondary N) is 1. The molecule has 1 atom stereocenters. The van der Waals surface area contributed by atoms with Gasteiger partial charge in [-0.1, -0.05) is 0 Å². The number of ether oxygens (including phenoxy) is 1. The Labute approximate surface area is 163 Å². The summed E-state index contributed by atoms with van der Waals surface area (Å²) in [4.78, 5) is 18.1. The van der Waals surface area contributed by atoms with Crippen LogP contribution in [0.3, 0.4) is 0 Å². The number of nitrogens with zero attached hydrogens (tertiary/aromatic N) is 3. The van der Waals surface area contributed by atoms with Gasteiger partial charge in [-0.3, -0.25) is 9.48 Å². The van der Waals surface area contributed by atoms with Crippen molar-refractivity contribution in [1.82, 2.24) is 14.8 Å². The first kappa shape index (κ1) is 19.1. The summed E-state index contributed by atoms with van der Waals surface area (Å²) in [6.45, 7) is 7.95. The van der Waals surface area contributed by atoms with Crippen molar-refractivity contribution in [3.05, 3.63) is 46.6 Å². The molecule has 3 rings (SSSR count). The zero-order chi connectivity index (χ0) is 19.6. The average molecular weight is 385 g/mol. The largest absolute Gasteiger partial charge is 0.497 e. The highest BCUT2D eigenvalue weighted by Crippen LogP contribution is 2.31. The molecule has 0 radical (unpaired) electrons. The summed E-state index contributed by atoms with van der Waals surface area (Å²) < 4.78 is 7.09. The van der Waals surface area contributed by atoms with Crippen molar-refractivity contribution in [3.63, 3.8) is 0 Å². The monoisotopic (exact) mass is 384 g/mol. The molecule has 27 heavy (non-hydrogen) atoms. The fourth-order valence-corrected chi connectivity index (χ4v) is 3.94. The van der Waals surface area contributed by atoms with Crippen LogP contribution in [0.25, 0.3) is 11.3 Å². The lowest BCUT2D eigenvalue weighted by Gasteiger charge is -2.13. The summed E-state index contributed by atoms with van der Waals surface area (Å²) in [7, 11) is 1.64. The summed E-state index contributed by atoms with van der Waals surface area (Å²) >= 11 is 1.48.